The largest absolute Gasteiger partial charge is 0.221 e. The maximum atomic E-state index is 4.45. The maximum Gasteiger partial charge on any atom is 0.159 e. The number of fused-ring (bicyclic) bond motifs is 1. The van der Waals surface area contributed by atoms with Gasteiger partial charge in [0, 0.05) is 18.1 Å². The summed E-state index contributed by atoms with van der Waals surface area (Å²) in [5.74, 6) is 0.844. The lowest BCUT2D eigenvalue weighted by Crippen LogP contribution is -1.97. The molecule has 2 heterocycles. The summed E-state index contributed by atoms with van der Waals surface area (Å²) in [7, 11) is 0. The molecule has 0 aliphatic carbocycles. The van der Waals surface area contributed by atoms with Gasteiger partial charge >= 0.3 is 0 Å². The van der Waals surface area contributed by atoms with E-state index in [1.165, 1.54) is 0 Å². The summed E-state index contributed by atoms with van der Waals surface area (Å²) in [5, 5.41) is 4.45. The van der Waals surface area contributed by atoms with Crippen LogP contribution in [0.15, 0.2) is 42.7 Å². The van der Waals surface area contributed by atoms with E-state index in [0.29, 0.717) is 0 Å². The summed E-state index contributed by atoms with van der Waals surface area (Å²) in [5.41, 5.74) is 2.86. The van der Waals surface area contributed by atoms with E-state index in [0.717, 1.165) is 29.1 Å². The first kappa shape index (κ1) is 9.96. The minimum atomic E-state index is 0.836. The number of aryl methyl sites for hydroxylation is 1. The SMILES string of the molecule is CCc1ncn2nc(-c3ccccc3)cc2n1. The van der Waals surface area contributed by atoms with E-state index in [4.69, 9.17) is 0 Å². The molecule has 3 aromatic rings. The molecule has 0 radical (unpaired) electrons. The molecule has 0 aliphatic heterocycles. The molecule has 0 amide bonds. The van der Waals surface area contributed by atoms with E-state index >= 15 is 0 Å². The van der Waals surface area contributed by atoms with Gasteiger partial charge in [0.2, 0.25) is 0 Å². The highest BCUT2D eigenvalue weighted by Crippen LogP contribution is 2.17. The van der Waals surface area contributed by atoms with E-state index in [9.17, 15) is 0 Å². The molecule has 0 unspecified atom stereocenters. The molecule has 0 fully saturated rings. The fraction of sp³-hybridized carbons (Fsp3) is 0.154. The van der Waals surface area contributed by atoms with Crippen molar-refractivity contribution in [2.75, 3.05) is 0 Å². The van der Waals surface area contributed by atoms with Gasteiger partial charge in [-0.2, -0.15) is 5.10 Å². The zero-order valence-corrected chi connectivity index (χ0v) is 9.54. The average molecular weight is 224 g/mol. The molecular formula is C13H12N4. The quantitative estimate of drug-likeness (QED) is 0.671. The van der Waals surface area contributed by atoms with Crippen molar-refractivity contribution in [3.63, 3.8) is 0 Å². The molecule has 0 atom stereocenters. The third-order valence-corrected chi connectivity index (χ3v) is 2.66. The Labute approximate surface area is 99.0 Å². The molecule has 0 aliphatic rings. The maximum absolute atomic E-state index is 4.45. The molecule has 4 nitrogen and oxygen atoms in total. The van der Waals surface area contributed by atoms with Crippen LogP contribution in [-0.4, -0.2) is 19.6 Å². The highest BCUT2D eigenvalue weighted by molar-refractivity contribution is 5.63. The molecule has 84 valence electrons. The first-order chi connectivity index (χ1) is 8.36. The highest BCUT2D eigenvalue weighted by atomic mass is 15.3. The second-order valence-electron chi connectivity index (χ2n) is 3.82. The van der Waals surface area contributed by atoms with Crippen LogP contribution in [0.3, 0.4) is 0 Å². The Morgan fingerprint density at radius 1 is 1.18 bits per heavy atom. The minimum absolute atomic E-state index is 0.836. The Kier molecular flexibility index (Phi) is 2.33. The van der Waals surface area contributed by atoms with Crippen LogP contribution in [0.1, 0.15) is 12.7 Å². The minimum Gasteiger partial charge on any atom is -0.221 e. The topological polar surface area (TPSA) is 43.1 Å². The Balaban J connectivity index is 2.14. The molecule has 1 aromatic carbocycles. The lowest BCUT2D eigenvalue weighted by Gasteiger charge is -1.94. The average Bonchev–Trinajstić information content (AvgIpc) is 2.82. The van der Waals surface area contributed by atoms with Crippen molar-refractivity contribution in [1.29, 1.82) is 0 Å². The van der Waals surface area contributed by atoms with Crippen molar-refractivity contribution in [2.24, 2.45) is 0 Å². The van der Waals surface area contributed by atoms with Crippen molar-refractivity contribution < 1.29 is 0 Å². The van der Waals surface area contributed by atoms with Crippen molar-refractivity contribution in [2.45, 2.75) is 13.3 Å². The summed E-state index contributed by atoms with van der Waals surface area (Å²) in [4.78, 5) is 8.65. The number of rotatable bonds is 2. The Morgan fingerprint density at radius 2 is 2.00 bits per heavy atom. The van der Waals surface area contributed by atoms with E-state index in [-0.39, 0.29) is 0 Å². The van der Waals surface area contributed by atoms with Crippen LogP contribution in [0.4, 0.5) is 0 Å². The second kappa shape index (κ2) is 3.97. The van der Waals surface area contributed by atoms with Crippen molar-refractivity contribution in [3.8, 4) is 11.3 Å². The summed E-state index contributed by atoms with van der Waals surface area (Å²) >= 11 is 0. The number of aromatic nitrogens is 4. The van der Waals surface area contributed by atoms with Gasteiger partial charge in [-0.05, 0) is 0 Å². The molecule has 4 heteroatoms. The van der Waals surface area contributed by atoms with E-state index in [1.54, 1.807) is 10.8 Å². The van der Waals surface area contributed by atoms with Crippen LogP contribution in [0.2, 0.25) is 0 Å². The van der Waals surface area contributed by atoms with Crippen molar-refractivity contribution >= 4 is 5.65 Å². The first-order valence-corrected chi connectivity index (χ1v) is 5.63. The third-order valence-electron chi connectivity index (χ3n) is 2.66. The molecule has 17 heavy (non-hydrogen) atoms. The molecule has 0 saturated carbocycles. The zero-order valence-electron chi connectivity index (χ0n) is 9.54. The predicted octanol–water partition coefficient (Wildman–Crippen LogP) is 2.35. The molecule has 0 bridgehead atoms. The second-order valence-corrected chi connectivity index (χ2v) is 3.82. The Morgan fingerprint density at radius 3 is 2.76 bits per heavy atom. The summed E-state index contributed by atoms with van der Waals surface area (Å²) < 4.78 is 1.71. The van der Waals surface area contributed by atoms with Gasteiger partial charge < -0.3 is 0 Å². The first-order valence-electron chi connectivity index (χ1n) is 5.63. The summed E-state index contributed by atoms with van der Waals surface area (Å²) in [6.07, 6.45) is 2.55. The predicted molar refractivity (Wildman–Crippen MR) is 65.6 cm³/mol. The fourth-order valence-electron chi connectivity index (χ4n) is 1.76. The standard InChI is InChI=1S/C13H12N4/c1-2-12-14-9-17-13(15-12)8-11(16-17)10-6-4-3-5-7-10/h3-9H,2H2,1H3. The molecule has 2 aromatic heterocycles. The summed E-state index contributed by atoms with van der Waals surface area (Å²) in [6, 6.07) is 12.1. The normalized spacial score (nSPS) is 10.9. The molecule has 0 spiro atoms. The number of benzene rings is 1. The lowest BCUT2D eigenvalue weighted by atomic mass is 10.2. The number of nitrogens with zero attached hydrogens (tertiary/aromatic N) is 4. The number of hydrogen-bond donors (Lipinski definition) is 0. The van der Waals surface area contributed by atoms with Crippen LogP contribution in [0, 0.1) is 0 Å². The lowest BCUT2D eigenvalue weighted by molar-refractivity contribution is 0.841. The molecular weight excluding hydrogens is 212 g/mol. The van der Waals surface area contributed by atoms with Crippen molar-refractivity contribution in [3.05, 3.63) is 48.5 Å². The van der Waals surface area contributed by atoms with Crippen LogP contribution in [0.5, 0.6) is 0 Å². The fourth-order valence-corrected chi connectivity index (χ4v) is 1.76. The van der Waals surface area contributed by atoms with Crippen LogP contribution in [-0.2, 0) is 6.42 Å². The van der Waals surface area contributed by atoms with Crippen LogP contribution >= 0.6 is 0 Å². The van der Waals surface area contributed by atoms with Crippen LogP contribution in [0.25, 0.3) is 16.9 Å². The van der Waals surface area contributed by atoms with E-state index in [1.807, 2.05) is 43.3 Å². The van der Waals surface area contributed by atoms with Crippen molar-refractivity contribution in [1.82, 2.24) is 19.6 Å². The molecule has 0 saturated heterocycles. The van der Waals surface area contributed by atoms with Gasteiger partial charge in [-0.1, -0.05) is 37.3 Å². The highest BCUT2D eigenvalue weighted by Gasteiger charge is 2.05. The molecule has 3 rings (SSSR count). The van der Waals surface area contributed by atoms with Crippen LogP contribution < -0.4 is 0 Å². The smallest absolute Gasteiger partial charge is 0.159 e. The van der Waals surface area contributed by atoms with E-state index < -0.39 is 0 Å². The van der Waals surface area contributed by atoms with Gasteiger partial charge in [-0.15, -0.1) is 0 Å². The van der Waals surface area contributed by atoms with Gasteiger partial charge in [0.05, 0.1) is 5.69 Å². The monoisotopic (exact) mass is 224 g/mol. The van der Waals surface area contributed by atoms with Gasteiger partial charge in [0.15, 0.2) is 5.65 Å². The van der Waals surface area contributed by atoms with Gasteiger partial charge in [-0.3, -0.25) is 0 Å². The van der Waals surface area contributed by atoms with Gasteiger partial charge in [0.1, 0.15) is 12.2 Å². The molecule has 0 N–H and O–H groups in total. The number of hydrogen-bond acceptors (Lipinski definition) is 3. The van der Waals surface area contributed by atoms with Gasteiger partial charge in [0.25, 0.3) is 0 Å². The third kappa shape index (κ3) is 1.78. The van der Waals surface area contributed by atoms with E-state index in [2.05, 4.69) is 15.1 Å². The van der Waals surface area contributed by atoms with Gasteiger partial charge in [-0.25, -0.2) is 14.5 Å². The Bertz CT molecular complexity index is 643. The zero-order chi connectivity index (χ0) is 11.7. The Hall–Kier alpha value is -2.23. The summed E-state index contributed by atoms with van der Waals surface area (Å²) in [6.45, 7) is 2.04.